The van der Waals surface area contributed by atoms with Gasteiger partial charge in [-0.3, -0.25) is 0 Å². The van der Waals surface area contributed by atoms with Crippen molar-refractivity contribution in [1.82, 2.24) is 20.1 Å². The molecule has 0 saturated carbocycles. The first-order valence-electron chi connectivity index (χ1n) is 6.62. The molecule has 0 aromatic carbocycles. The van der Waals surface area contributed by atoms with E-state index in [-0.39, 0.29) is 0 Å². The van der Waals surface area contributed by atoms with E-state index in [0.717, 1.165) is 5.56 Å². The highest BCUT2D eigenvalue weighted by atomic mass is 16.5. The van der Waals surface area contributed by atoms with E-state index in [1.807, 2.05) is 19.1 Å². The van der Waals surface area contributed by atoms with Crippen LogP contribution >= 0.6 is 0 Å². The average Bonchev–Trinajstić information content (AvgIpc) is 2.91. The van der Waals surface area contributed by atoms with Crippen molar-refractivity contribution >= 4 is 29.0 Å². The number of nitrogens with two attached hydrogens (primary N) is 1. The molecule has 0 atom stereocenters. The molecule has 0 saturated heterocycles. The lowest BCUT2D eigenvalue weighted by Gasteiger charge is -2.10. The highest BCUT2D eigenvalue weighted by Gasteiger charge is 2.10. The lowest BCUT2D eigenvalue weighted by molar-refractivity contribution is 0.400. The van der Waals surface area contributed by atoms with Crippen LogP contribution in [0.4, 0.5) is 29.0 Å². The normalized spacial score (nSPS) is 10.5. The molecular formula is C14H15N7O. The summed E-state index contributed by atoms with van der Waals surface area (Å²) in [6.07, 6.45) is 3.17. The molecule has 0 unspecified atom stereocenters. The Kier molecular flexibility index (Phi) is 3.57. The minimum Gasteiger partial charge on any atom is -0.393 e. The number of hydrogen-bond donors (Lipinski definition) is 3. The maximum absolute atomic E-state index is 6.08. The second-order valence-electron chi connectivity index (χ2n) is 4.78. The average molecular weight is 297 g/mol. The van der Waals surface area contributed by atoms with Crippen LogP contribution in [0.1, 0.15) is 11.3 Å². The standard InChI is InChI=1S/C14H15N7O/c1-8-3-4-10(16-6-8)19-13-12(15)14(18-7-17-13)20-11-5-9(2)22-21-11/h3-7H,15H2,1-2H3,(H2,16,17,18,19,20,21). The number of rotatable bonds is 4. The molecule has 0 aliphatic carbocycles. The quantitative estimate of drug-likeness (QED) is 0.673. The van der Waals surface area contributed by atoms with Gasteiger partial charge in [0, 0.05) is 12.3 Å². The van der Waals surface area contributed by atoms with Crippen molar-refractivity contribution in [3.05, 3.63) is 42.0 Å². The Bertz CT molecular complexity index is 782. The molecule has 0 bridgehead atoms. The summed E-state index contributed by atoms with van der Waals surface area (Å²) in [5, 5.41) is 9.89. The van der Waals surface area contributed by atoms with Gasteiger partial charge in [-0.05, 0) is 25.5 Å². The molecule has 0 amide bonds. The van der Waals surface area contributed by atoms with Gasteiger partial charge in [-0.25, -0.2) is 15.0 Å². The first kappa shape index (κ1) is 13.8. The van der Waals surface area contributed by atoms with Crippen LogP contribution in [-0.2, 0) is 0 Å². The molecular weight excluding hydrogens is 282 g/mol. The fourth-order valence-electron chi connectivity index (χ4n) is 1.80. The SMILES string of the molecule is Cc1ccc(Nc2ncnc(Nc3cc(C)on3)c2N)nc1. The van der Waals surface area contributed by atoms with Gasteiger partial charge in [0.05, 0.1) is 0 Å². The van der Waals surface area contributed by atoms with Gasteiger partial charge in [0.25, 0.3) is 0 Å². The van der Waals surface area contributed by atoms with Gasteiger partial charge in [0.15, 0.2) is 17.5 Å². The molecule has 0 aliphatic heterocycles. The molecule has 4 N–H and O–H groups in total. The lowest BCUT2D eigenvalue weighted by atomic mass is 10.3. The van der Waals surface area contributed by atoms with Crippen LogP contribution in [0.5, 0.6) is 0 Å². The zero-order valence-corrected chi connectivity index (χ0v) is 12.2. The third-order valence-electron chi connectivity index (χ3n) is 2.92. The molecule has 3 aromatic heterocycles. The van der Waals surface area contributed by atoms with Gasteiger partial charge in [0.2, 0.25) is 0 Å². The van der Waals surface area contributed by atoms with Crippen molar-refractivity contribution in [3.8, 4) is 0 Å². The van der Waals surface area contributed by atoms with Crippen molar-refractivity contribution in [2.45, 2.75) is 13.8 Å². The van der Waals surface area contributed by atoms with Crippen molar-refractivity contribution in [3.63, 3.8) is 0 Å². The van der Waals surface area contributed by atoms with Gasteiger partial charge in [0.1, 0.15) is 23.6 Å². The summed E-state index contributed by atoms with van der Waals surface area (Å²) < 4.78 is 4.99. The first-order valence-corrected chi connectivity index (χ1v) is 6.62. The summed E-state index contributed by atoms with van der Waals surface area (Å²) in [5.74, 6) is 2.78. The number of nitrogen functional groups attached to an aromatic ring is 1. The van der Waals surface area contributed by atoms with Crippen LogP contribution in [0.2, 0.25) is 0 Å². The maximum atomic E-state index is 6.08. The molecule has 22 heavy (non-hydrogen) atoms. The van der Waals surface area contributed by atoms with Crippen LogP contribution in [0, 0.1) is 13.8 Å². The molecule has 0 radical (unpaired) electrons. The smallest absolute Gasteiger partial charge is 0.175 e. The van der Waals surface area contributed by atoms with Crippen molar-refractivity contribution in [2.75, 3.05) is 16.4 Å². The number of nitrogens with one attached hydrogen (secondary N) is 2. The summed E-state index contributed by atoms with van der Waals surface area (Å²) in [7, 11) is 0. The van der Waals surface area contributed by atoms with E-state index in [0.29, 0.717) is 34.7 Å². The number of pyridine rings is 1. The van der Waals surface area contributed by atoms with Crippen LogP contribution in [0.15, 0.2) is 35.2 Å². The van der Waals surface area contributed by atoms with Crippen LogP contribution in [-0.4, -0.2) is 20.1 Å². The van der Waals surface area contributed by atoms with Crippen LogP contribution in [0.25, 0.3) is 0 Å². The Labute approximate surface area is 126 Å². The summed E-state index contributed by atoms with van der Waals surface area (Å²) in [6, 6.07) is 5.55. The summed E-state index contributed by atoms with van der Waals surface area (Å²) in [6.45, 7) is 3.77. The molecule has 3 heterocycles. The minimum atomic E-state index is 0.366. The maximum Gasteiger partial charge on any atom is 0.175 e. The number of aryl methyl sites for hydroxylation is 2. The van der Waals surface area contributed by atoms with Crippen LogP contribution < -0.4 is 16.4 Å². The Morgan fingerprint density at radius 3 is 2.32 bits per heavy atom. The number of anilines is 5. The molecule has 3 aromatic rings. The number of nitrogens with zero attached hydrogens (tertiary/aromatic N) is 4. The van der Waals surface area contributed by atoms with E-state index in [4.69, 9.17) is 10.3 Å². The minimum absolute atomic E-state index is 0.366. The molecule has 8 nitrogen and oxygen atoms in total. The van der Waals surface area contributed by atoms with Crippen molar-refractivity contribution in [2.24, 2.45) is 0 Å². The predicted octanol–water partition coefficient (Wildman–Crippen LogP) is 2.55. The van der Waals surface area contributed by atoms with Gasteiger partial charge < -0.3 is 20.9 Å². The van der Waals surface area contributed by atoms with Gasteiger partial charge in [-0.15, -0.1) is 0 Å². The second-order valence-corrected chi connectivity index (χ2v) is 4.78. The molecule has 8 heteroatoms. The van der Waals surface area contributed by atoms with Gasteiger partial charge in [-0.2, -0.15) is 0 Å². The van der Waals surface area contributed by atoms with Gasteiger partial charge in [-0.1, -0.05) is 11.2 Å². The summed E-state index contributed by atoms with van der Waals surface area (Å²) >= 11 is 0. The zero-order chi connectivity index (χ0) is 15.5. The monoisotopic (exact) mass is 297 g/mol. The Balaban J connectivity index is 1.83. The highest BCUT2D eigenvalue weighted by molar-refractivity contribution is 5.79. The molecule has 0 spiro atoms. The number of hydrogen-bond acceptors (Lipinski definition) is 8. The predicted molar refractivity (Wildman–Crippen MR) is 83.2 cm³/mol. The largest absolute Gasteiger partial charge is 0.393 e. The van der Waals surface area contributed by atoms with E-state index in [1.54, 1.807) is 19.2 Å². The fraction of sp³-hybridized carbons (Fsp3) is 0.143. The zero-order valence-electron chi connectivity index (χ0n) is 12.2. The van der Waals surface area contributed by atoms with E-state index >= 15 is 0 Å². The Morgan fingerprint density at radius 2 is 1.73 bits per heavy atom. The van der Waals surface area contributed by atoms with Crippen molar-refractivity contribution in [1.29, 1.82) is 0 Å². The topological polar surface area (TPSA) is 115 Å². The third kappa shape index (κ3) is 2.95. The Hall–Kier alpha value is -3.16. The number of aromatic nitrogens is 4. The first-order chi connectivity index (χ1) is 10.6. The molecule has 3 rings (SSSR count). The van der Waals surface area contributed by atoms with Gasteiger partial charge >= 0.3 is 0 Å². The molecule has 0 fully saturated rings. The van der Waals surface area contributed by atoms with Crippen molar-refractivity contribution < 1.29 is 4.52 Å². The van der Waals surface area contributed by atoms with E-state index in [2.05, 4.69) is 30.7 Å². The molecule has 112 valence electrons. The van der Waals surface area contributed by atoms with Crippen LogP contribution in [0.3, 0.4) is 0 Å². The highest BCUT2D eigenvalue weighted by Crippen LogP contribution is 2.27. The summed E-state index contributed by atoms with van der Waals surface area (Å²) in [5.41, 5.74) is 7.52. The third-order valence-corrected chi connectivity index (χ3v) is 2.92. The fourth-order valence-corrected chi connectivity index (χ4v) is 1.80. The second kappa shape index (κ2) is 5.68. The summed E-state index contributed by atoms with van der Waals surface area (Å²) in [4.78, 5) is 12.5. The van der Waals surface area contributed by atoms with E-state index in [1.165, 1.54) is 6.33 Å². The molecule has 0 aliphatic rings. The Morgan fingerprint density at radius 1 is 1.00 bits per heavy atom. The lowest BCUT2D eigenvalue weighted by Crippen LogP contribution is -2.05. The van der Waals surface area contributed by atoms with E-state index in [9.17, 15) is 0 Å². The van der Waals surface area contributed by atoms with E-state index < -0.39 is 0 Å².